The molecule has 10 heteroatoms. The molecule has 5 rings (SSSR count). The maximum absolute atomic E-state index is 11.1. The lowest BCUT2D eigenvalue weighted by atomic mass is 10.0. The second-order valence-corrected chi connectivity index (χ2v) is 9.95. The van der Waals surface area contributed by atoms with Gasteiger partial charge in [-0.1, -0.05) is 96.1 Å². The molecule has 234 valence electrons. The monoisotopic (exact) mass is 617 g/mol. The molecule has 5 aromatic rings. The molecule has 44 heavy (non-hydrogen) atoms. The molecule has 0 aliphatic heterocycles. The molecule has 0 bridgehead atoms. The van der Waals surface area contributed by atoms with Gasteiger partial charge in [0, 0.05) is 0 Å². The van der Waals surface area contributed by atoms with Gasteiger partial charge < -0.3 is 10.8 Å². The van der Waals surface area contributed by atoms with Crippen molar-refractivity contribution in [3.05, 3.63) is 96.6 Å². The number of aromatic hydroxyl groups is 1. The number of phenols is 1. The molecule has 0 unspecified atom stereocenters. The van der Waals surface area contributed by atoms with E-state index in [-0.39, 0.29) is 5.75 Å². The van der Waals surface area contributed by atoms with Gasteiger partial charge in [-0.2, -0.15) is 18.6 Å². The van der Waals surface area contributed by atoms with Gasteiger partial charge in [-0.25, -0.2) is 0 Å². The predicted molar refractivity (Wildman–Crippen MR) is 185 cm³/mol. The van der Waals surface area contributed by atoms with Crippen LogP contribution in [0, 0.1) is 6.92 Å². The van der Waals surface area contributed by atoms with E-state index in [2.05, 4.69) is 20.5 Å². The van der Waals surface area contributed by atoms with Crippen LogP contribution in [0.2, 0.25) is 0 Å². The minimum absolute atomic E-state index is 0.0243. The van der Waals surface area contributed by atoms with Gasteiger partial charge >= 0.3 is 0 Å². The summed E-state index contributed by atoms with van der Waals surface area (Å²) in [5, 5.41) is 31.8. The van der Waals surface area contributed by atoms with E-state index < -0.39 is 10.1 Å². The SMILES string of the molecule is CC.CC.CC.CS(=O)(=O)O.Cc1cc2ccc(N=Nc3ccccc3)c(N)c2c(O)c1N=Nc1ccc2ccccc2c1. The van der Waals surface area contributed by atoms with Gasteiger partial charge in [0.05, 0.1) is 28.7 Å². The van der Waals surface area contributed by atoms with Crippen LogP contribution in [-0.2, 0) is 10.1 Å². The Bertz CT molecular complexity index is 1780. The predicted octanol–water partition coefficient (Wildman–Crippen LogP) is 11.0. The molecule has 4 N–H and O–H groups in total. The molecule has 0 fully saturated rings. The van der Waals surface area contributed by atoms with Gasteiger partial charge in [-0.15, -0.1) is 10.2 Å². The first-order chi connectivity index (χ1) is 21.1. The lowest BCUT2D eigenvalue weighted by Crippen LogP contribution is -1.90. The smallest absolute Gasteiger partial charge is 0.261 e. The zero-order chi connectivity index (χ0) is 33.3. The Balaban J connectivity index is 0.000000778. The van der Waals surface area contributed by atoms with Crippen LogP contribution in [0.25, 0.3) is 21.5 Å². The van der Waals surface area contributed by atoms with E-state index in [0.717, 1.165) is 27.4 Å². The Kier molecular flexibility index (Phi) is 15.9. The minimum atomic E-state index is -3.67. The normalized spacial score (nSPS) is 10.6. The molecule has 0 aliphatic rings. The Labute approximate surface area is 261 Å². The van der Waals surface area contributed by atoms with Gasteiger partial charge in [0.25, 0.3) is 10.1 Å². The van der Waals surface area contributed by atoms with Crippen molar-refractivity contribution in [2.45, 2.75) is 48.5 Å². The van der Waals surface area contributed by atoms with E-state index >= 15 is 0 Å². The molecule has 0 saturated carbocycles. The molecule has 0 amide bonds. The van der Waals surface area contributed by atoms with E-state index in [4.69, 9.17) is 10.3 Å². The third-order valence-electron chi connectivity index (χ3n) is 5.49. The lowest BCUT2D eigenvalue weighted by molar-refractivity contribution is 0.482. The van der Waals surface area contributed by atoms with Gasteiger partial charge in [-0.05, 0) is 65.0 Å². The number of hydrogen-bond donors (Lipinski definition) is 3. The number of nitrogen functional groups attached to an aromatic ring is 1. The Morgan fingerprint density at radius 3 is 1.77 bits per heavy atom. The lowest BCUT2D eigenvalue weighted by Gasteiger charge is -2.11. The first-order valence-corrected chi connectivity index (χ1v) is 16.3. The maximum Gasteiger partial charge on any atom is 0.261 e. The average Bonchev–Trinajstić information content (AvgIpc) is 3.03. The van der Waals surface area contributed by atoms with Crippen LogP contribution in [0.3, 0.4) is 0 Å². The van der Waals surface area contributed by atoms with Crippen molar-refractivity contribution in [3.63, 3.8) is 0 Å². The van der Waals surface area contributed by atoms with Gasteiger partial charge in [0.1, 0.15) is 11.4 Å². The number of anilines is 1. The van der Waals surface area contributed by atoms with E-state index in [0.29, 0.717) is 34.4 Å². The average molecular weight is 618 g/mol. The molecule has 9 nitrogen and oxygen atoms in total. The van der Waals surface area contributed by atoms with Crippen molar-refractivity contribution in [2.75, 3.05) is 12.0 Å². The quantitative estimate of drug-likeness (QED) is 0.104. The third kappa shape index (κ3) is 11.2. The van der Waals surface area contributed by atoms with Gasteiger partial charge in [0.15, 0.2) is 5.75 Å². The summed E-state index contributed by atoms with van der Waals surface area (Å²) >= 11 is 0. The molecule has 0 heterocycles. The standard InChI is InChI=1S/C27H21N5O.3C2H6.CH4O3S/c1-17-15-20-12-14-23(31-29-21-9-3-2-4-10-21)25(28)24(20)27(33)26(17)32-30-22-13-11-18-7-5-6-8-19(18)16-22;3*1-2;1-5(2,3)4/h2-16,33H,28H2,1H3;3*1-2H3;1H3,(H,2,3,4). The molecular formula is C34H43N5O4S. The fraction of sp³-hybridized carbons (Fsp3) is 0.235. The third-order valence-corrected chi connectivity index (χ3v) is 5.49. The summed E-state index contributed by atoms with van der Waals surface area (Å²) in [6, 6.07) is 28.9. The van der Waals surface area contributed by atoms with Crippen LogP contribution >= 0.6 is 0 Å². The number of nitrogens with zero attached hydrogens (tertiary/aromatic N) is 4. The molecule has 0 spiro atoms. The Morgan fingerprint density at radius 1 is 0.636 bits per heavy atom. The van der Waals surface area contributed by atoms with Crippen molar-refractivity contribution in [1.29, 1.82) is 0 Å². The summed E-state index contributed by atoms with van der Waals surface area (Å²) in [5.74, 6) is -0.0243. The zero-order valence-electron chi connectivity index (χ0n) is 26.6. The molecule has 5 aromatic carbocycles. The fourth-order valence-electron chi connectivity index (χ4n) is 3.78. The number of aryl methyl sites for hydroxylation is 1. The molecular weight excluding hydrogens is 574 g/mol. The van der Waals surface area contributed by atoms with Crippen molar-refractivity contribution in [2.24, 2.45) is 20.5 Å². The van der Waals surface area contributed by atoms with Gasteiger partial charge in [0.2, 0.25) is 0 Å². The summed E-state index contributed by atoms with van der Waals surface area (Å²) in [5.41, 5.74) is 9.79. The van der Waals surface area contributed by atoms with Crippen LogP contribution in [0.15, 0.2) is 111 Å². The molecule has 0 aromatic heterocycles. The van der Waals surface area contributed by atoms with E-state index in [1.807, 2.05) is 133 Å². The van der Waals surface area contributed by atoms with Crippen LogP contribution in [-0.4, -0.2) is 24.3 Å². The number of phenolic OH excluding ortho intramolecular Hbond substituents is 1. The first kappa shape index (κ1) is 37.4. The van der Waals surface area contributed by atoms with Crippen LogP contribution in [0.5, 0.6) is 5.75 Å². The number of hydrogen-bond acceptors (Lipinski definition) is 8. The number of rotatable bonds is 4. The highest BCUT2D eigenvalue weighted by Gasteiger charge is 2.15. The van der Waals surface area contributed by atoms with Crippen LogP contribution in [0.4, 0.5) is 28.4 Å². The first-order valence-electron chi connectivity index (χ1n) is 14.4. The summed E-state index contributed by atoms with van der Waals surface area (Å²) in [6.45, 7) is 13.9. The van der Waals surface area contributed by atoms with Crippen molar-refractivity contribution >= 4 is 60.1 Å². The zero-order valence-corrected chi connectivity index (χ0v) is 27.5. The molecule has 0 atom stereocenters. The van der Waals surface area contributed by atoms with E-state index in [1.165, 1.54) is 0 Å². The van der Waals surface area contributed by atoms with E-state index in [1.54, 1.807) is 6.07 Å². The summed E-state index contributed by atoms with van der Waals surface area (Å²) in [7, 11) is -3.67. The van der Waals surface area contributed by atoms with Crippen molar-refractivity contribution in [3.8, 4) is 5.75 Å². The molecule has 0 aliphatic carbocycles. The summed E-state index contributed by atoms with van der Waals surface area (Å²) in [6.07, 6.45) is 0.715. The van der Waals surface area contributed by atoms with Gasteiger partial charge in [-0.3, -0.25) is 4.55 Å². The van der Waals surface area contributed by atoms with Crippen LogP contribution < -0.4 is 5.73 Å². The number of fused-ring (bicyclic) bond motifs is 2. The van der Waals surface area contributed by atoms with E-state index in [9.17, 15) is 13.5 Å². The largest absolute Gasteiger partial charge is 0.505 e. The summed E-state index contributed by atoms with van der Waals surface area (Å²) in [4.78, 5) is 0. The highest BCUT2D eigenvalue weighted by Crippen LogP contribution is 2.44. The maximum atomic E-state index is 11.1. The highest BCUT2D eigenvalue weighted by atomic mass is 32.2. The number of nitrogens with two attached hydrogens (primary N) is 1. The number of benzene rings is 5. The Morgan fingerprint density at radius 2 is 1.16 bits per heavy atom. The summed E-state index contributed by atoms with van der Waals surface area (Å²) < 4.78 is 25.9. The Hall–Kier alpha value is -4.67. The van der Waals surface area contributed by atoms with Crippen molar-refractivity contribution in [1.82, 2.24) is 0 Å². The minimum Gasteiger partial charge on any atom is -0.505 e. The van der Waals surface area contributed by atoms with Crippen molar-refractivity contribution < 1.29 is 18.1 Å². The number of azo groups is 2. The van der Waals surface area contributed by atoms with Crippen LogP contribution in [0.1, 0.15) is 47.1 Å². The molecule has 0 radical (unpaired) electrons. The second kappa shape index (κ2) is 18.8. The second-order valence-electron chi connectivity index (χ2n) is 8.49. The topological polar surface area (TPSA) is 150 Å². The molecule has 0 saturated heterocycles. The fourth-order valence-corrected chi connectivity index (χ4v) is 3.78. The highest BCUT2D eigenvalue weighted by molar-refractivity contribution is 7.85.